The molecule has 0 radical (unpaired) electrons. The average Bonchev–Trinajstić information content (AvgIpc) is 2.76. The first-order chi connectivity index (χ1) is 15.9. The summed E-state index contributed by atoms with van der Waals surface area (Å²) in [5, 5.41) is 22.8. The highest BCUT2D eigenvalue weighted by Crippen LogP contribution is 2.50. The lowest BCUT2D eigenvalue weighted by Crippen LogP contribution is -2.36. The van der Waals surface area contributed by atoms with Crippen LogP contribution in [-0.4, -0.2) is 15.8 Å². The van der Waals surface area contributed by atoms with Crippen molar-refractivity contribution in [1.29, 1.82) is 0 Å². The lowest BCUT2D eigenvalue weighted by atomic mass is 9.76. The molecule has 1 heterocycles. The fourth-order valence-corrected chi connectivity index (χ4v) is 5.24. The molecule has 2 atom stereocenters. The number of hydrogen-bond donors (Lipinski definition) is 2. The molecule has 4 rings (SSSR count). The van der Waals surface area contributed by atoms with Gasteiger partial charge in [-0.25, -0.2) is 0 Å². The van der Waals surface area contributed by atoms with Crippen LogP contribution < -0.4 is 4.74 Å². The number of alkyl halides is 3. The topological polar surface area (TPSA) is 49.7 Å². The van der Waals surface area contributed by atoms with Gasteiger partial charge >= 0.3 is 6.18 Å². The minimum atomic E-state index is -4.44. The number of aliphatic hydroxyl groups excluding tert-OH is 2. The Bertz CT molecular complexity index is 1080. The van der Waals surface area contributed by atoms with E-state index in [1.165, 1.54) is 12.1 Å². The molecule has 1 aliphatic heterocycles. The maximum absolute atomic E-state index is 13.1. The Kier molecular flexibility index (Phi) is 6.60. The van der Waals surface area contributed by atoms with Crippen molar-refractivity contribution in [3.05, 3.63) is 69.8 Å². The van der Waals surface area contributed by atoms with Gasteiger partial charge in [0.2, 0.25) is 0 Å². The standard InChI is InChI=1S/C28H33F3O3/c1-16(2)20-14-22-25(21(32)15-27(3,4)34-22)23(17-8-6-5-7-9-17)24(20)26(33)18-10-12-19(13-11-18)28(29,30)31/h8,10-14,16,21,26,32-33H,5-7,9,15H2,1-4H3/t21-,26?/m0/s1. The molecule has 1 aliphatic carbocycles. The van der Waals surface area contributed by atoms with Crippen LogP contribution in [0.5, 0.6) is 5.75 Å². The number of halogens is 3. The van der Waals surface area contributed by atoms with Gasteiger partial charge in [0, 0.05) is 12.0 Å². The summed E-state index contributed by atoms with van der Waals surface area (Å²) in [5.41, 5.74) is 3.18. The van der Waals surface area contributed by atoms with Gasteiger partial charge in [-0.1, -0.05) is 32.1 Å². The fourth-order valence-electron chi connectivity index (χ4n) is 5.24. The summed E-state index contributed by atoms with van der Waals surface area (Å²) >= 11 is 0. The molecule has 2 aromatic carbocycles. The van der Waals surface area contributed by atoms with Gasteiger partial charge in [-0.3, -0.25) is 0 Å². The van der Waals surface area contributed by atoms with Crippen molar-refractivity contribution < 1.29 is 28.1 Å². The second kappa shape index (κ2) is 9.04. The van der Waals surface area contributed by atoms with Crippen molar-refractivity contribution in [2.45, 2.75) is 89.7 Å². The average molecular weight is 475 g/mol. The Hall–Kier alpha value is -2.31. The van der Waals surface area contributed by atoms with Crippen molar-refractivity contribution in [2.75, 3.05) is 0 Å². The van der Waals surface area contributed by atoms with E-state index in [0.29, 0.717) is 28.9 Å². The zero-order valence-corrected chi connectivity index (χ0v) is 20.2. The quantitative estimate of drug-likeness (QED) is 0.483. The summed E-state index contributed by atoms with van der Waals surface area (Å²) in [6.07, 6.45) is 0.0516. The molecule has 0 bridgehead atoms. The lowest BCUT2D eigenvalue weighted by Gasteiger charge is -2.39. The zero-order valence-electron chi connectivity index (χ0n) is 20.2. The van der Waals surface area contributed by atoms with Gasteiger partial charge in [0.1, 0.15) is 17.5 Å². The number of ether oxygens (including phenoxy) is 1. The van der Waals surface area contributed by atoms with E-state index in [-0.39, 0.29) is 5.92 Å². The highest BCUT2D eigenvalue weighted by molar-refractivity contribution is 5.77. The molecular formula is C28H33F3O3. The molecule has 6 heteroatoms. The van der Waals surface area contributed by atoms with E-state index < -0.39 is 29.5 Å². The molecule has 2 aromatic rings. The predicted octanol–water partition coefficient (Wildman–Crippen LogP) is 7.46. The van der Waals surface area contributed by atoms with E-state index in [4.69, 9.17) is 4.74 Å². The summed E-state index contributed by atoms with van der Waals surface area (Å²) < 4.78 is 45.6. The first kappa shape index (κ1) is 24.8. The first-order valence-corrected chi connectivity index (χ1v) is 12.0. The van der Waals surface area contributed by atoms with Crippen LogP contribution in [-0.2, 0) is 6.18 Å². The van der Waals surface area contributed by atoms with Gasteiger partial charge in [-0.2, -0.15) is 13.2 Å². The van der Waals surface area contributed by atoms with E-state index in [1.54, 1.807) is 0 Å². The number of benzene rings is 2. The Balaban J connectivity index is 1.95. The van der Waals surface area contributed by atoms with Crippen LogP contribution in [0.2, 0.25) is 0 Å². The lowest BCUT2D eigenvalue weighted by molar-refractivity contribution is -0.137. The van der Waals surface area contributed by atoms with Gasteiger partial charge in [0.25, 0.3) is 0 Å². The minimum absolute atomic E-state index is 0.0260. The molecule has 3 nitrogen and oxygen atoms in total. The molecule has 34 heavy (non-hydrogen) atoms. The molecule has 2 N–H and O–H groups in total. The predicted molar refractivity (Wildman–Crippen MR) is 127 cm³/mol. The van der Waals surface area contributed by atoms with Crippen LogP contribution in [0.1, 0.15) is 111 Å². The normalized spacial score (nSPS) is 21.0. The molecule has 0 saturated heterocycles. The van der Waals surface area contributed by atoms with E-state index in [2.05, 4.69) is 6.08 Å². The summed E-state index contributed by atoms with van der Waals surface area (Å²) in [5.74, 6) is 0.649. The van der Waals surface area contributed by atoms with Crippen molar-refractivity contribution in [3.63, 3.8) is 0 Å². The van der Waals surface area contributed by atoms with Gasteiger partial charge in [0.15, 0.2) is 0 Å². The van der Waals surface area contributed by atoms with Crippen LogP contribution in [0.25, 0.3) is 5.57 Å². The minimum Gasteiger partial charge on any atom is -0.487 e. The molecular weight excluding hydrogens is 441 g/mol. The highest BCUT2D eigenvalue weighted by Gasteiger charge is 2.38. The Morgan fingerprint density at radius 2 is 1.76 bits per heavy atom. The largest absolute Gasteiger partial charge is 0.487 e. The molecule has 184 valence electrons. The van der Waals surface area contributed by atoms with Crippen LogP contribution in [0.3, 0.4) is 0 Å². The molecule has 0 amide bonds. The third kappa shape index (κ3) is 4.76. The van der Waals surface area contributed by atoms with Crippen LogP contribution >= 0.6 is 0 Å². The molecule has 0 spiro atoms. The van der Waals surface area contributed by atoms with Gasteiger partial charge in [0.05, 0.1) is 11.7 Å². The van der Waals surface area contributed by atoms with Gasteiger partial charge < -0.3 is 14.9 Å². The number of rotatable bonds is 4. The number of allylic oxidation sites excluding steroid dienone is 2. The zero-order chi connectivity index (χ0) is 24.8. The van der Waals surface area contributed by atoms with Crippen molar-refractivity contribution in [3.8, 4) is 5.75 Å². The molecule has 0 saturated carbocycles. The molecule has 2 aliphatic rings. The van der Waals surface area contributed by atoms with Crippen LogP contribution in [0.4, 0.5) is 13.2 Å². The third-order valence-corrected chi connectivity index (χ3v) is 6.87. The number of aliphatic hydroxyl groups is 2. The summed E-state index contributed by atoms with van der Waals surface area (Å²) in [4.78, 5) is 0. The maximum Gasteiger partial charge on any atom is 0.416 e. The second-order valence-electron chi connectivity index (χ2n) is 10.4. The smallest absolute Gasteiger partial charge is 0.416 e. The van der Waals surface area contributed by atoms with E-state index >= 15 is 0 Å². The van der Waals surface area contributed by atoms with E-state index in [0.717, 1.165) is 54.5 Å². The SMILES string of the molecule is CC(C)c1cc2c(c(C3=CCCCC3)c1C(O)c1ccc(C(F)(F)F)cc1)[C@@H](O)CC(C)(C)O2. The number of fused-ring (bicyclic) bond motifs is 1. The first-order valence-electron chi connectivity index (χ1n) is 12.0. The fraction of sp³-hybridized carbons (Fsp3) is 0.500. The third-order valence-electron chi connectivity index (χ3n) is 6.87. The second-order valence-corrected chi connectivity index (χ2v) is 10.4. The Morgan fingerprint density at radius 3 is 2.32 bits per heavy atom. The molecule has 1 unspecified atom stereocenters. The van der Waals surface area contributed by atoms with E-state index in [1.807, 2.05) is 33.8 Å². The van der Waals surface area contributed by atoms with Crippen LogP contribution in [0, 0.1) is 0 Å². The maximum atomic E-state index is 13.1. The van der Waals surface area contributed by atoms with Gasteiger partial charge in [-0.15, -0.1) is 0 Å². The molecule has 0 aromatic heterocycles. The van der Waals surface area contributed by atoms with E-state index in [9.17, 15) is 23.4 Å². The highest BCUT2D eigenvalue weighted by atomic mass is 19.4. The summed E-state index contributed by atoms with van der Waals surface area (Å²) in [7, 11) is 0. The molecule has 0 fully saturated rings. The van der Waals surface area contributed by atoms with Gasteiger partial charge in [-0.05, 0) is 91.5 Å². The van der Waals surface area contributed by atoms with Crippen molar-refractivity contribution in [2.24, 2.45) is 0 Å². The number of hydrogen-bond acceptors (Lipinski definition) is 3. The Morgan fingerprint density at radius 1 is 1.09 bits per heavy atom. The van der Waals surface area contributed by atoms with Crippen LogP contribution in [0.15, 0.2) is 36.4 Å². The Labute approximate surface area is 199 Å². The van der Waals surface area contributed by atoms with Crippen molar-refractivity contribution >= 4 is 5.57 Å². The summed E-state index contributed by atoms with van der Waals surface area (Å²) in [6.45, 7) is 7.93. The monoisotopic (exact) mass is 474 g/mol. The summed E-state index contributed by atoms with van der Waals surface area (Å²) in [6, 6.07) is 6.59. The van der Waals surface area contributed by atoms with Crippen molar-refractivity contribution in [1.82, 2.24) is 0 Å².